The molecule has 0 aromatic heterocycles. The molecule has 19 heavy (non-hydrogen) atoms. The minimum atomic E-state index is -0.347. The molecule has 0 aliphatic carbocycles. The molecular weight excluding hydrogens is 357 g/mol. The summed E-state index contributed by atoms with van der Waals surface area (Å²) in [7, 11) is 2.16. The molecule has 1 heterocycles. The molecule has 1 saturated heterocycles. The molecule has 104 valence electrons. The van der Waals surface area contributed by atoms with Crippen LogP contribution >= 0.6 is 22.6 Å². The highest BCUT2D eigenvalue weighted by Crippen LogP contribution is 2.24. The minimum absolute atomic E-state index is 0.168. The Bertz CT molecular complexity index is 467. The van der Waals surface area contributed by atoms with Gasteiger partial charge in [-0.2, -0.15) is 0 Å². The number of piperidine rings is 1. The zero-order valence-electron chi connectivity index (χ0n) is 10.9. The maximum Gasteiger partial charge on any atom is 0.282 e. The van der Waals surface area contributed by atoms with Crippen molar-refractivity contribution in [3.8, 4) is 0 Å². The van der Waals surface area contributed by atoms with Crippen LogP contribution in [0.2, 0.25) is 0 Å². The second-order valence-electron chi connectivity index (χ2n) is 4.93. The van der Waals surface area contributed by atoms with E-state index in [-0.39, 0.29) is 10.6 Å². The van der Waals surface area contributed by atoms with Gasteiger partial charge in [-0.1, -0.05) is 6.42 Å². The van der Waals surface area contributed by atoms with E-state index in [1.54, 1.807) is 12.1 Å². The maximum absolute atomic E-state index is 10.8. The van der Waals surface area contributed by atoms with Crippen molar-refractivity contribution < 1.29 is 4.92 Å². The van der Waals surface area contributed by atoms with E-state index in [4.69, 9.17) is 0 Å². The molecule has 0 saturated carbocycles. The van der Waals surface area contributed by atoms with E-state index in [1.165, 1.54) is 19.3 Å². The smallest absolute Gasteiger partial charge is 0.282 e. The molecule has 0 bridgehead atoms. The summed E-state index contributed by atoms with van der Waals surface area (Å²) in [6, 6.07) is 5.74. The molecule has 1 aromatic carbocycles. The van der Waals surface area contributed by atoms with Crippen molar-refractivity contribution in [2.24, 2.45) is 0 Å². The molecule has 1 fully saturated rings. The van der Waals surface area contributed by atoms with E-state index < -0.39 is 0 Å². The first kappa shape index (κ1) is 14.5. The standard InChI is InChI=1S/C13H18IN3O2/c1-16-7-3-2-4-11(16)9-15-10-5-6-13(17(18)19)12(14)8-10/h5-6,8,11,15H,2-4,7,9H2,1H3. The third-order valence-corrected chi connectivity index (χ3v) is 4.47. The van der Waals surface area contributed by atoms with Crippen LogP contribution in [0, 0.1) is 13.7 Å². The van der Waals surface area contributed by atoms with Crippen molar-refractivity contribution in [2.75, 3.05) is 25.5 Å². The number of nitrogens with zero attached hydrogens (tertiary/aromatic N) is 2. The summed E-state index contributed by atoms with van der Waals surface area (Å²) in [6.07, 6.45) is 3.78. The number of likely N-dealkylation sites (tertiary alicyclic amines) is 1. The number of rotatable bonds is 4. The number of likely N-dealkylation sites (N-methyl/N-ethyl adjacent to an activating group) is 1. The van der Waals surface area contributed by atoms with Gasteiger partial charge >= 0.3 is 0 Å². The van der Waals surface area contributed by atoms with E-state index >= 15 is 0 Å². The monoisotopic (exact) mass is 375 g/mol. The van der Waals surface area contributed by atoms with Crippen LogP contribution in [-0.4, -0.2) is 36.0 Å². The molecule has 1 aliphatic rings. The van der Waals surface area contributed by atoms with Crippen molar-refractivity contribution in [1.29, 1.82) is 0 Å². The first-order valence-electron chi connectivity index (χ1n) is 6.46. The quantitative estimate of drug-likeness (QED) is 0.499. The normalized spacial score (nSPS) is 20.2. The third kappa shape index (κ3) is 3.79. The van der Waals surface area contributed by atoms with E-state index in [0.29, 0.717) is 9.61 Å². The summed E-state index contributed by atoms with van der Waals surface area (Å²) < 4.78 is 0.671. The first-order valence-corrected chi connectivity index (χ1v) is 7.54. The van der Waals surface area contributed by atoms with Crippen LogP contribution in [0.5, 0.6) is 0 Å². The largest absolute Gasteiger partial charge is 0.383 e. The van der Waals surface area contributed by atoms with Crippen molar-refractivity contribution >= 4 is 34.0 Å². The van der Waals surface area contributed by atoms with Gasteiger partial charge in [-0.15, -0.1) is 0 Å². The van der Waals surface area contributed by atoms with Crippen molar-refractivity contribution in [3.63, 3.8) is 0 Å². The highest BCUT2D eigenvalue weighted by atomic mass is 127. The fourth-order valence-corrected chi connectivity index (χ4v) is 3.11. The summed E-state index contributed by atoms with van der Waals surface area (Å²) in [6.45, 7) is 2.05. The second-order valence-corrected chi connectivity index (χ2v) is 6.10. The van der Waals surface area contributed by atoms with Crippen molar-refractivity contribution in [2.45, 2.75) is 25.3 Å². The molecule has 6 heteroatoms. The summed E-state index contributed by atoms with van der Waals surface area (Å²) in [5.41, 5.74) is 1.12. The van der Waals surface area contributed by atoms with Crippen LogP contribution in [0.4, 0.5) is 11.4 Å². The molecule has 1 unspecified atom stereocenters. The number of halogens is 1. The van der Waals surface area contributed by atoms with Gasteiger partial charge in [0.05, 0.1) is 8.49 Å². The zero-order chi connectivity index (χ0) is 13.8. The van der Waals surface area contributed by atoms with Crippen LogP contribution in [-0.2, 0) is 0 Å². The van der Waals surface area contributed by atoms with Gasteiger partial charge in [0.15, 0.2) is 0 Å². The number of hydrogen-bond acceptors (Lipinski definition) is 4. The Kier molecular flexibility index (Phi) is 4.98. The van der Waals surface area contributed by atoms with Gasteiger partial charge in [-0.25, -0.2) is 0 Å². The van der Waals surface area contributed by atoms with Crippen molar-refractivity contribution in [1.82, 2.24) is 4.90 Å². The first-order chi connectivity index (χ1) is 9.08. The maximum atomic E-state index is 10.8. The second kappa shape index (κ2) is 6.51. The van der Waals surface area contributed by atoms with Gasteiger partial charge in [0.1, 0.15) is 0 Å². The Balaban J connectivity index is 1.96. The molecule has 1 aliphatic heterocycles. The Morgan fingerprint density at radius 2 is 2.32 bits per heavy atom. The minimum Gasteiger partial charge on any atom is -0.383 e. The average molecular weight is 375 g/mol. The number of anilines is 1. The van der Waals surface area contributed by atoms with Crippen LogP contribution < -0.4 is 5.32 Å². The Morgan fingerprint density at radius 1 is 1.53 bits per heavy atom. The van der Waals surface area contributed by atoms with Gasteiger partial charge < -0.3 is 10.2 Å². The highest BCUT2D eigenvalue weighted by Gasteiger charge is 2.18. The fraction of sp³-hybridized carbons (Fsp3) is 0.538. The number of benzene rings is 1. The van der Waals surface area contributed by atoms with Gasteiger partial charge in [-0.05, 0) is 61.2 Å². The number of nitro groups is 1. The van der Waals surface area contributed by atoms with Gasteiger partial charge in [0.2, 0.25) is 0 Å². The lowest BCUT2D eigenvalue weighted by molar-refractivity contribution is -0.385. The molecule has 1 aromatic rings. The lowest BCUT2D eigenvalue weighted by atomic mass is 10.0. The Morgan fingerprint density at radius 3 is 2.95 bits per heavy atom. The van der Waals surface area contributed by atoms with Gasteiger partial charge in [0.25, 0.3) is 5.69 Å². The molecule has 0 spiro atoms. The van der Waals surface area contributed by atoms with E-state index in [0.717, 1.165) is 18.8 Å². The molecule has 0 amide bonds. The number of nitrogens with one attached hydrogen (secondary N) is 1. The predicted octanol–water partition coefficient (Wildman–Crippen LogP) is 3.10. The molecular formula is C13H18IN3O2. The van der Waals surface area contributed by atoms with Crippen molar-refractivity contribution in [3.05, 3.63) is 31.9 Å². The van der Waals surface area contributed by atoms with E-state index in [1.807, 2.05) is 28.7 Å². The van der Waals surface area contributed by atoms with E-state index in [2.05, 4.69) is 17.3 Å². The SMILES string of the molecule is CN1CCCCC1CNc1ccc([N+](=O)[O-])c(I)c1. The number of nitro benzene ring substituents is 1. The molecule has 2 rings (SSSR count). The topological polar surface area (TPSA) is 58.4 Å². The van der Waals surface area contributed by atoms with Crippen LogP contribution in [0.3, 0.4) is 0 Å². The zero-order valence-corrected chi connectivity index (χ0v) is 13.1. The third-order valence-electron chi connectivity index (χ3n) is 3.61. The molecule has 1 atom stereocenters. The number of hydrogen-bond donors (Lipinski definition) is 1. The lowest BCUT2D eigenvalue weighted by Gasteiger charge is -2.32. The fourth-order valence-electron chi connectivity index (χ4n) is 2.40. The lowest BCUT2D eigenvalue weighted by Crippen LogP contribution is -2.40. The Hall–Kier alpha value is -0.890. The highest BCUT2D eigenvalue weighted by molar-refractivity contribution is 14.1. The van der Waals surface area contributed by atoms with Crippen LogP contribution in [0.25, 0.3) is 0 Å². The summed E-state index contributed by atoms with van der Waals surface area (Å²) in [5, 5.41) is 14.1. The summed E-state index contributed by atoms with van der Waals surface area (Å²) >= 11 is 2.01. The van der Waals surface area contributed by atoms with E-state index in [9.17, 15) is 10.1 Å². The van der Waals surface area contributed by atoms with Gasteiger partial charge in [-0.3, -0.25) is 10.1 Å². The van der Waals surface area contributed by atoms with Gasteiger partial charge in [0, 0.05) is 24.3 Å². The van der Waals surface area contributed by atoms with Crippen LogP contribution in [0.1, 0.15) is 19.3 Å². The van der Waals surface area contributed by atoms with Crippen LogP contribution in [0.15, 0.2) is 18.2 Å². The molecule has 1 N–H and O–H groups in total. The Labute approximate surface area is 126 Å². The predicted molar refractivity (Wildman–Crippen MR) is 84.6 cm³/mol. The molecule has 0 radical (unpaired) electrons. The summed E-state index contributed by atoms with van der Waals surface area (Å²) in [5.74, 6) is 0. The average Bonchev–Trinajstić information content (AvgIpc) is 2.37. The molecule has 5 nitrogen and oxygen atoms in total. The summed E-state index contributed by atoms with van der Waals surface area (Å²) in [4.78, 5) is 12.8.